The summed E-state index contributed by atoms with van der Waals surface area (Å²) < 4.78 is 0. The maximum Gasteiger partial charge on any atom is 0.00644 e. The van der Waals surface area contributed by atoms with Gasteiger partial charge in [-0.3, -0.25) is 0 Å². The Kier molecular flexibility index (Phi) is 6.28. The van der Waals surface area contributed by atoms with Crippen molar-refractivity contribution in [2.45, 2.75) is 59.4 Å². The Morgan fingerprint density at radius 3 is 2.59 bits per heavy atom. The number of rotatable bonds is 7. The predicted octanol–water partition coefficient (Wildman–Crippen LogP) is 4.01. The van der Waals surface area contributed by atoms with E-state index in [1.165, 1.54) is 42.4 Å². The van der Waals surface area contributed by atoms with E-state index in [-0.39, 0.29) is 0 Å². The topological polar surface area (TPSA) is 12.0 Å². The second-order valence-corrected chi connectivity index (χ2v) is 4.99. The quantitative estimate of drug-likeness (QED) is 0.750. The molecule has 0 fully saturated rings. The fraction of sp³-hybridized carbons (Fsp3) is 0.625. The largest absolute Gasteiger partial charge is 0.314 e. The van der Waals surface area contributed by atoms with E-state index in [9.17, 15) is 0 Å². The molecule has 0 heterocycles. The van der Waals surface area contributed by atoms with Crippen LogP contribution in [0, 0.1) is 13.8 Å². The highest BCUT2D eigenvalue weighted by atomic mass is 14.9. The Hall–Kier alpha value is -0.820. The fourth-order valence-electron chi connectivity index (χ4n) is 2.35. The van der Waals surface area contributed by atoms with E-state index in [1.807, 2.05) is 0 Å². The summed E-state index contributed by atoms with van der Waals surface area (Å²) in [6.45, 7) is 9.94. The van der Waals surface area contributed by atoms with Crippen molar-refractivity contribution in [1.29, 1.82) is 0 Å². The molecule has 0 saturated heterocycles. The molecular formula is C16H27N. The highest BCUT2D eigenvalue weighted by Crippen LogP contribution is 2.14. The van der Waals surface area contributed by atoms with Gasteiger partial charge in [-0.25, -0.2) is 0 Å². The Morgan fingerprint density at radius 1 is 1.18 bits per heavy atom. The number of benzene rings is 1. The highest BCUT2D eigenvalue weighted by Gasteiger charge is 2.05. The molecule has 1 nitrogen and oxygen atoms in total. The summed E-state index contributed by atoms with van der Waals surface area (Å²) in [5.74, 6) is 0. The Bertz CT molecular complexity index is 330. The molecule has 0 aliphatic carbocycles. The second-order valence-electron chi connectivity index (χ2n) is 4.99. The maximum atomic E-state index is 3.54. The van der Waals surface area contributed by atoms with Crippen LogP contribution in [0.3, 0.4) is 0 Å². The van der Waals surface area contributed by atoms with Gasteiger partial charge in [-0.1, -0.05) is 37.6 Å². The molecule has 1 aromatic carbocycles. The van der Waals surface area contributed by atoms with Crippen LogP contribution in [0.4, 0.5) is 0 Å². The summed E-state index contributed by atoms with van der Waals surface area (Å²) in [7, 11) is 0. The summed E-state index contributed by atoms with van der Waals surface area (Å²) >= 11 is 0. The van der Waals surface area contributed by atoms with E-state index in [4.69, 9.17) is 0 Å². The summed E-state index contributed by atoms with van der Waals surface area (Å²) in [6, 6.07) is 7.48. The minimum Gasteiger partial charge on any atom is -0.314 e. The first-order valence-electron chi connectivity index (χ1n) is 6.96. The van der Waals surface area contributed by atoms with Crippen molar-refractivity contribution in [1.82, 2.24) is 5.32 Å². The lowest BCUT2D eigenvalue weighted by atomic mass is 9.98. The van der Waals surface area contributed by atoms with Gasteiger partial charge in [0.2, 0.25) is 0 Å². The molecule has 0 bridgehead atoms. The molecule has 1 heteroatoms. The number of hydrogen-bond donors (Lipinski definition) is 1. The normalized spacial score (nSPS) is 12.7. The van der Waals surface area contributed by atoms with Gasteiger partial charge in [-0.05, 0) is 57.2 Å². The minimum absolute atomic E-state index is 0.699. The van der Waals surface area contributed by atoms with Gasteiger partial charge in [0, 0.05) is 6.04 Å². The molecule has 0 spiro atoms. The van der Waals surface area contributed by atoms with E-state index >= 15 is 0 Å². The Labute approximate surface area is 107 Å². The van der Waals surface area contributed by atoms with Gasteiger partial charge in [-0.2, -0.15) is 0 Å². The SMILES string of the molecule is CCNC(CC)CCCc1cc(C)ccc1C. The molecule has 0 aliphatic rings. The average molecular weight is 233 g/mol. The van der Waals surface area contributed by atoms with Gasteiger partial charge >= 0.3 is 0 Å². The monoisotopic (exact) mass is 233 g/mol. The van der Waals surface area contributed by atoms with E-state index in [0.717, 1.165) is 6.54 Å². The van der Waals surface area contributed by atoms with Crippen molar-refractivity contribution in [3.8, 4) is 0 Å². The predicted molar refractivity (Wildman–Crippen MR) is 76.6 cm³/mol. The van der Waals surface area contributed by atoms with Gasteiger partial charge in [0.1, 0.15) is 0 Å². The third-order valence-corrected chi connectivity index (χ3v) is 3.49. The van der Waals surface area contributed by atoms with E-state index in [1.54, 1.807) is 0 Å². The maximum absolute atomic E-state index is 3.54. The first kappa shape index (κ1) is 14.2. The smallest absolute Gasteiger partial charge is 0.00644 e. The molecular weight excluding hydrogens is 206 g/mol. The van der Waals surface area contributed by atoms with Crippen molar-refractivity contribution in [3.05, 3.63) is 34.9 Å². The molecule has 17 heavy (non-hydrogen) atoms. The Morgan fingerprint density at radius 2 is 1.94 bits per heavy atom. The standard InChI is InChI=1S/C16H27N/c1-5-16(17-6-2)9-7-8-15-12-13(3)10-11-14(15)4/h10-12,16-17H,5-9H2,1-4H3. The molecule has 1 aromatic rings. The van der Waals surface area contributed by atoms with Gasteiger partial charge in [0.25, 0.3) is 0 Å². The molecule has 0 aliphatic heterocycles. The van der Waals surface area contributed by atoms with E-state index in [2.05, 4.69) is 51.2 Å². The van der Waals surface area contributed by atoms with Gasteiger partial charge in [0.15, 0.2) is 0 Å². The van der Waals surface area contributed by atoms with Crippen molar-refractivity contribution in [2.24, 2.45) is 0 Å². The third-order valence-electron chi connectivity index (χ3n) is 3.49. The molecule has 1 unspecified atom stereocenters. The van der Waals surface area contributed by atoms with Crippen LogP contribution in [-0.4, -0.2) is 12.6 Å². The summed E-state index contributed by atoms with van der Waals surface area (Å²) in [5.41, 5.74) is 4.34. The molecule has 0 radical (unpaired) electrons. The van der Waals surface area contributed by atoms with Crippen LogP contribution >= 0.6 is 0 Å². The van der Waals surface area contributed by atoms with Crippen molar-refractivity contribution in [3.63, 3.8) is 0 Å². The summed E-state index contributed by atoms with van der Waals surface area (Å²) in [4.78, 5) is 0. The van der Waals surface area contributed by atoms with Gasteiger partial charge in [0.05, 0.1) is 0 Å². The zero-order valence-corrected chi connectivity index (χ0v) is 11.8. The minimum atomic E-state index is 0.699. The number of nitrogens with one attached hydrogen (secondary N) is 1. The third kappa shape index (κ3) is 4.91. The first-order chi connectivity index (χ1) is 8.17. The lowest BCUT2D eigenvalue weighted by Crippen LogP contribution is -2.28. The van der Waals surface area contributed by atoms with Gasteiger partial charge in [-0.15, -0.1) is 0 Å². The average Bonchev–Trinajstić information content (AvgIpc) is 2.32. The fourth-order valence-corrected chi connectivity index (χ4v) is 2.35. The van der Waals surface area contributed by atoms with Crippen molar-refractivity contribution in [2.75, 3.05) is 6.54 Å². The number of aryl methyl sites for hydroxylation is 3. The van der Waals surface area contributed by atoms with Crippen LogP contribution in [0.1, 0.15) is 49.8 Å². The molecule has 96 valence electrons. The van der Waals surface area contributed by atoms with E-state index in [0.29, 0.717) is 6.04 Å². The van der Waals surface area contributed by atoms with Crippen LogP contribution in [0.2, 0.25) is 0 Å². The van der Waals surface area contributed by atoms with Crippen LogP contribution in [0.5, 0.6) is 0 Å². The van der Waals surface area contributed by atoms with Crippen LogP contribution in [0.15, 0.2) is 18.2 Å². The number of hydrogen-bond acceptors (Lipinski definition) is 1. The van der Waals surface area contributed by atoms with E-state index < -0.39 is 0 Å². The molecule has 0 saturated carbocycles. The van der Waals surface area contributed by atoms with Crippen molar-refractivity contribution >= 4 is 0 Å². The summed E-state index contributed by atoms with van der Waals surface area (Å²) in [6.07, 6.45) is 5.03. The van der Waals surface area contributed by atoms with Crippen LogP contribution < -0.4 is 5.32 Å². The molecule has 0 amide bonds. The first-order valence-corrected chi connectivity index (χ1v) is 6.96. The zero-order chi connectivity index (χ0) is 12.7. The molecule has 1 N–H and O–H groups in total. The van der Waals surface area contributed by atoms with Crippen LogP contribution in [0.25, 0.3) is 0 Å². The zero-order valence-electron chi connectivity index (χ0n) is 11.8. The molecule has 1 rings (SSSR count). The highest BCUT2D eigenvalue weighted by molar-refractivity contribution is 5.30. The molecule has 1 atom stereocenters. The second kappa shape index (κ2) is 7.50. The van der Waals surface area contributed by atoms with Crippen LogP contribution in [-0.2, 0) is 6.42 Å². The van der Waals surface area contributed by atoms with Crippen molar-refractivity contribution < 1.29 is 0 Å². The van der Waals surface area contributed by atoms with Gasteiger partial charge < -0.3 is 5.32 Å². The lowest BCUT2D eigenvalue weighted by Gasteiger charge is -2.16. The Balaban J connectivity index is 2.42. The summed E-state index contributed by atoms with van der Waals surface area (Å²) in [5, 5.41) is 3.54. The molecule has 0 aromatic heterocycles. The lowest BCUT2D eigenvalue weighted by molar-refractivity contribution is 0.467.